The summed E-state index contributed by atoms with van der Waals surface area (Å²) in [7, 11) is 1.84. The lowest BCUT2D eigenvalue weighted by atomic mass is 10.2. The number of aryl methyl sites for hydroxylation is 1. The largest absolute Gasteiger partial charge is 0.423 e. The molecule has 0 atom stereocenters. The van der Waals surface area contributed by atoms with E-state index < -0.39 is 17.6 Å². The second-order valence-electron chi connectivity index (χ2n) is 4.52. The molecule has 0 aliphatic heterocycles. The number of benzene rings is 2. The number of aromatic nitrogens is 2. The van der Waals surface area contributed by atoms with Gasteiger partial charge in [0.05, 0.1) is 22.9 Å². The average Bonchev–Trinajstić information content (AvgIpc) is 2.80. The molecule has 1 heterocycles. The number of hydrogen-bond acceptors (Lipinski definition) is 3. The fourth-order valence-electron chi connectivity index (χ4n) is 2.00. The molecule has 0 bridgehead atoms. The van der Waals surface area contributed by atoms with Gasteiger partial charge in [0.25, 0.3) is 0 Å². The molecule has 0 aliphatic rings. The third kappa shape index (κ3) is 2.47. The van der Waals surface area contributed by atoms with E-state index in [1.54, 1.807) is 24.5 Å². The first kappa shape index (κ1) is 13.2. The molecule has 0 N–H and O–H groups in total. The monoisotopic (exact) mass is 288 g/mol. The summed E-state index contributed by atoms with van der Waals surface area (Å²) in [4.78, 5) is 16.0. The Labute approximate surface area is 118 Å². The molecule has 3 rings (SSSR count). The first-order valence-electron chi connectivity index (χ1n) is 6.13. The quantitative estimate of drug-likeness (QED) is 0.537. The van der Waals surface area contributed by atoms with Crippen LogP contribution in [0.2, 0.25) is 0 Å². The van der Waals surface area contributed by atoms with E-state index >= 15 is 0 Å². The Bertz CT molecular complexity index is 843. The predicted octanol–water partition coefficient (Wildman–Crippen LogP) is 3.07. The fourth-order valence-corrected chi connectivity index (χ4v) is 2.00. The second-order valence-corrected chi connectivity index (χ2v) is 4.52. The molecule has 4 nitrogen and oxygen atoms in total. The van der Waals surface area contributed by atoms with Gasteiger partial charge in [0.1, 0.15) is 17.4 Å². The first-order valence-corrected chi connectivity index (χ1v) is 6.13. The molecule has 0 amide bonds. The van der Waals surface area contributed by atoms with Gasteiger partial charge in [-0.2, -0.15) is 0 Å². The van der Waals surface area contributed by atoms with E-state index in [1.807, 2.05) is 11.6 Å². The Morgan fingerprint density at radius 1 is 1.19 bits per heavy atom. The first-order chi connectivity index (χ1) is 10.0. The standard InChI is InChI=1S/C15H10F2N2O2/c1-19-8-18-13-7-10(3-5-14(13)19)21-15(20)11-4-2-9(16)6-12(11)17/h2-8H,1H3. The van der Waals surface area contributed by atoms with Gasteiger partial charge in [-0.05, 0) is 24.3 Å². The lowest BCUT2D eigenvalue weighted by Gasteiger charge is -2.05. The summed E-state index contributed by atoms with van der Waals surface area (Å²) in [5.74, 6) is -2.35. The van der Waals surface area contributed by atoms with Crippen molar-refractivity contribution in [2.75, 3.05) is 0 Å². The third-order valence-electron chi connectivity index (χ3n) is 3.06. The van der Waals surface area contributed by atoms with E-state index in [0.717, 1.165) is 17.6 Å². The van der Waals surface area contributed by atoms with Gasteiger partial charge in [-0.15, -0.1) is 0 Å². The molecule has 1 aromatic heterocycles. The van der Waals surface area contributed by atoms with E-state index in [0.29, 0.717) is 11.6 Å². The van der Waals surface area contributed by atoms with Crippen LogP contribution in [0.5, 0.6) is 5.75 Å². The van der Waals surface area contributed by atoms with Crippen LogP contribution < -0.4 is 4.74 Å². The number of carbonyl (C=O) groups is 1. The van der Waals surface area contributed by atoms with Crippen LogP contribution in [0.1, 0.15) is 10.4 Å². The summed E-state index contributed by atoms with van der Waals surface area (Å²) in [5.41, 5.74) is 1.21. The van der Waals surface area contributed by atoms with Crippen LogP contribution in [-0.2, 0) is 7.05 Å². The van der Waals surface area contributed by atoms with Crippen LogP contribution in [0.15, 0.2) is 42.7 Å². The molecule has 0 radical (unpaired) electrons. The topological polar surface area (TPSA) is 44.1 Å². The van der Waals surface area contributed by atoms with Gasteiger partial charge < -0.3 is 9.30 Å². The molecule has 0 fully saturated rings. The molecule has 0 saturated carbocycles. The maximum Gasteiger partial charge on any atom is 0.346 e. The minimum absolute atomic E-state index is 0.245. The van der Waals surface area contributed by atoms with Crippen LogP contribution in [0.3, 0.4) is 0 Å². The van der Waals surface area contributed by atoms with Crippen LogP contribution in [0.25, 0.3) is 11.0 Å². The van der Waals surface area contributed by atoms with Crippen molar-refractivity contribution in [3.05, 3.63) is 59.9 Å². The summed E-state index contributed by atoms with van der Waals surface area (Å²) in [6.07, 6.45) is 1.63. The van der Waals surface area contributed by atoms with Crippen molar-refractivity contribution in [3.63, 3.8) is 0 Å². The third-order valence-corrected chi connectivity index (χ3v) is 3.06. The molecule has 0 aliphatic carbocycles. The maximum absolute atomic E-state index is 13.5. The van der Waals surface area contributed by atoms with Gasteiger partial charge in [-0.1, -0.05) is 0 Å². The minimum Gasteiger partial charge on any atom is -0.423 e. The molecule has 0 unspecified atom stereocenters. The number of halogens is 2. The number of hydrogen-bond donors (Lipinski definition) is 0. The molecule has 3 aromatic rings. The summed E-state index contributed by atoms with van der Waals surface area (Å²) in [5, 5.41) is 0. The molecule has 0 spiro atoms. The Hall–Kier alpha value is -2.76. The van der Waals surface area contributed by atoms with E-state index in [4.69, 9.17) is 4.74 Å². The number of rotatable bonds is 2. The van der Waals surface area contributed by atoms with Crippen molar-refractivity contribution in [1.29, 1.82) is 0 Å². The Balaban J connectivity index is 1.88. The summed E-state index contributed by atoms with van der Waals surface area (Å²) >= 11 is 0. The van der Waals surface area contributed by atoms with Gasteiger partial charge in [0.15, 0.2) is 0 Å². The number of fused-ring (bicyclic) bond motifs is 1. The van der Waals surface area contributed by atoms with Gasteiger partial charge in [0.2, 0.25) is 0 Å². The lowest BCUT2D eigenvalue weighted by molar-refractivity contribution is 0.0730. The minimum atomic E-state index is -0.959. The van der Waals surface area contributed by atoms with Crippen molar-refractivity contribution in [3.8, 4) is 5.75 Å². The van der Waals surface area contributed by atoms with Gasteiger partial charge in [-0.3, -0.25) is 0 Å². The zero-order valence-corrected chi connectivity index (χ0v) is 11.0. The zero-order valence-electron chi connectivity index (χ0n) is 11.0. The van der Waals surface area contributed by atoms with Gasteiger partial charge in [-0.25, -0.2) is 18.6 Å². The highest BCUT2D eigenvalue weighted by Gasteiger charge is 2.15. The molecule has 2 aromatic carbocycles. The summed E-state index contributed by atoms with van der Waals surface area (Å²) in [6.45, 7) is 0. The molecule has 21 heavy (non-hydrogen) atoms. The van der Waals surface area contributed by atoms with E-state index in [2.05, 4.69) is 4.98 Å². The predicted molar refractivity (Wildman–Crippen MR) is 72.0 cm³/mol. The van der Waals surface area contributed by atoms with E-state index in [-0.39, 0.29) is 11.3 Å². The van der Waals surface area contributed by atoms with E-state index in [9.17, 15) is 13.6 Å². The van der Waals surface area contributed by atoms with Crippen molar-refractivity contribution in [1.82, 2.24) is 9.55 Å². The Morgan fingerprint density at radius 2 is 2.00 bits per heavy atom. The van der Waals surface area contributed by atoms with Gasteiger partial charge in [0, 0.05) is 19.2 Å². The highest BCUT2D eigenvalue weighted by molar-refractivity contribution is 5.91. The number of nitrogens with zero attached hydrogens (tertiary/aromatic N) is 2. The van der Waals surface area contributed by atoms with Gasteiger partial charge >= 0.3 is 5.97 Å². The Morgan fingerprint density at radius 3 is 2.76 bits per heavy atom. The molecular formula is C15H10F2N2O2. The van der Waals surface area contributed by atoms with E-state index in [1.165, 1.54) is 0 Å². The van der Waals surface area contributed by atoms with Crippen LogP contribution in [0, 0.1) is 11.6 Å². The highest BCUT2D eigenvalue weighted by atomic mass is 19.1. The van der Waals surface area contributed by atoms with Crippen LogP contribution in [0.4, 0.5) is 8.78 Å². The summed E-state index contributed by atoms with van der Waals surface area (Å²) < 4.78 is 33.2. The number of imidazole rings is 1. The van der Waals surface area contributed by atoms with Crippen molar-refractivity contribution < 1.29 is 18.3 Å². The maximum atomic E-state index is 13.5. The normalized spacial score (nSPS) is 10.8. The van der Waals surface area contributed by atoms with Crippen molar-refractivity contribution >= 4 is 17.0 Å². The Kier molecular flexibility index (Phi) is 3.13. The molecule has 106 valence electrons. The second kappa shape index (κ2) is 4.97. The molecular weight excluding hydrogens is 278 g/mol. The summed E-state index contributed by atoms with van der Waals surface area (Å²) in [6, 6.07) is 7.59. The molecule has 6 heteroatoms. The van der Waals surface area contributed by atoms with Crippen molar-refractivity contribution in [2.45, 2.75) is 0 Å². The smallest absolute Gasteiger partial charge is 0.346 e. The lowest BCUT2D eigenvalue weighted by Crippen LogP contribution is -2.10. The zero-order chi connectivity index (χ0) is 15.0. The highest BCUT2D eigenvalue weighted by Crippen LogP contribution is 2.21. The fraction of sp³-hybridized carbons (Fsp3) is 0.0667. The van der Waals surface area contributed by atoms with Crippen molar-refractivity contribution in [2.24, 2.45) is 7.05 Å². The number of carbonyl (C=O) groups excluding carboxylic acids is 1. The number of ether oxygens (including phenoxy) is 1. The van der Waals surface area contributed by atoms with Crippen LogP contribution >= 0.6 is 0 Å². The molecule has 0 saturated heterocycles. The number of esters is 1. The average molecular weight is 288 g/mol. The SMILES string of the molecule is Cn1cnc2cc(OC(=O)c3ccc(F)cc3F)ccc21. The van der Waals surface area contributed by atoms with Crippen LogP contribution in [-0.4, -0.2) is 15.5 Å².